The van der Waals surface area contributed by atoms with E-state index in [1.54, 1.807) is 0 Å². The van der Waals surface area contributed by atoms with E-state index in [2.05, 4.69) is 47.4 Å². The van der Waals surface area contributed by atoms with Gasteiger partial charge < -0.3 is 14.5 Å². The second-order valence-corrected chi connectivity index (χ2v) is 8.93. The Balaban J connectivity index is 1.41. The van der Waals surface area contributed by atoms with E-state index < -0.39 is 0 Å². The summed E-state index contributed by atoms with van der Waals surface area (Å²) in [6.45, 7) is 0.808. The average molecular weight is 404 g/mol. The minimum atomic E-state index is -0.179. The number of hydrogen-bond donors (Lipinski definition) is 1. The molecule has 0 aliphatic heterocycles. The summed E-state index contributed by atoms with van der Waals surface area (Å²) in [6, 6.07) is 14.9. The molecular formula is C26H29NO3. The van der Waals surface area contributed by atoms with Crippen molar-refractivity contribution in [1.29, 1.82) is 0 Å². The summed E-state index contributed by atoms with van der Waals surface area (Å²) in [4.78, 5) is 14.8. The molecule has 156 valence electrons. The summed E-state index contributed by atoms with van der Waals surface area (Å²) < 4.78 is 11.2. The Morgan fingerprint density at radius 3 is 2.83 bits per heavy atom. The van der Waals surface area contributed by atoms with Crippen LogP contribution in [0.15, 0.2) is 48.7 Å². The van der Waals surface area contributed by atoms with E-state index in [0.29, 0.717) is 18.8 Å². The molecule has 2 aromatic carbocycles. The first-order valence-corrected chi connectivity index (χ1v) is 11.1. The van der Waals surface area contributed by atoms with Crippen molar-refractivity contribution in [1.82, 2.24) is 4.98 Å². The number of methoxy groups -OCH3 is 1. The molecule has 3 atom stereocenters. The first kappa shape index (κ1) is 19.2. The van der Waals surface area contributed by atoms with Crippen molar-refractivity contribution in [2.45, 2.75) is 38.5 Å². The van der Waals surface area contributed by atoms with Gasteiger partial charge in [0.25, 0.3) is 0 Å². The van der Waals surface area contributed by atoms with Crippen LogP contribution in [0.4, 0.5) is 0 Å². The van der Waals surface area contributed by atoms with Gasteiger partial charge in [-0.05, 0) is 90.3 Å². The maximum Gasteiger partial charge on any atom is 0.305 e. The van der Waals surface area contributed by atoms with Gasteiger partial charge in [-0.3, -0.25) is 4.79 Å². The Labute approximate surface area is 177 Å². The van der Waals surface area contributed by atoms with Gasteiger partial charge in [0.15, 0.2) is 0 Å². The van der Waals surface area contributed by atoms with Gasteiger partial charge in [-0.15, -0.1) is 0 Å². The van der Waals surface area contributed by atoms with Crippen LogP contribution < -0.4 is 4.74 Å². The molecule has 30 heavy (non-hydrogen) atoms. The Kier molecular flexibility index (Phi) is 5.24. The summed E-state index contributed by atoms with van der Waals surface area (Å²) in [5.41, 5.74) is 4.50. The minimum Gasteiger partial charge on any atom is -0.493 e. The second-order valence-electron chi connectivity index (χ2n) is 8.93. The molecule has 2 bridgehead atoms. The normalized spacial score (nSPS) is 22.5. The monoisotopic (exact) mass is 403 g/mol. The quantitative estimate of drug-likeness (QED) is 0.511. The van der Waals surface area contributed by atoms with Crippen molar-refractivity contribution < 1.29 is 14.3 Å². The lowest BCUT2D eigenvalue weighted by molar-refractivity contribution is -0.140. The standard InChI is InChI=1S/C26H29NO3/c1-29-26(28)9-4-17-3-8-25(30-16-22-13-18-2-5-19(22)12-18)23(14-17)20-6-7-24-21(15-20)10-11-27-24/h3,6-8,10-11,14-15,18-19,22,27H,2,4-5,9,12-13,16H2,1H3. The highest BCUT2D eigenvalue weighted by Gasteiger charge is 2.39. The number of esters is 1. The van der Waals surface area contributed by atoms with Crippen LogP contribution in [-0.4, -0.2) is 24.7 Å². The number of H-pyrrole nitrogens is 1. The van der Waals surface area contributed by atoms with Crippen LogP contribution in [0.1, 0.15) is 37.7 Å². The molecule has 0 spiro atoms. The van der Waals surface area contributed by atoms with Crippen molar-refractivity contribution in [3.63, 3.8) is 0 Å². The van der Waals surface area contributed by atoms with Gasteiger partial charge in [0.2, 0.25) is 0 Å². The van der Waals surface area contributed by atoms with E-state index in [1.807, 2.05) is 6.20 Å². The molecule has 3 unspecified atom stereocenters. The molecule has 0 amide bonds. The van der Waals surface area contributed by atoms with E-state index in [9.17, 15) is 4.79 Å². The van der Waals surface area contributed by atoms with E-state index >= 15 is 0 Å². The molecular weight excluding hydrogens is 374 g/mol. The van der Waals surface area contributed by atoms with Crippen LogP contribution in [-0.2, 0) is 16.0 Å². The maximum absolute atomic E-state index is 11.6. The smallest absolute Gasteiger partial charge is 0.305 e. The average Bonchev–Trinajstić information content (AvgIpc) is 3.52. The van der Waals surface area contributed by atoms with Crippen molar-refractivity contribution in [3.05, 3.63) is 54.2 Å². The molecule has 1 N–H and O–H groups in total. The lowest BCUT2D eigenvalue weighted by Crippen LogP contribution is -2.18. The first-order valence-electron chi connectivity index (χ1n) is 11.1. The van der Waals surface area contributed by atoms with Gasteiger partial charge in [-0.25, -0.2) is 0 Å². The maximum atomic E-state index is 11.6. The van der Waals surface area contributed by atoms with Crippen molar-refractivity contribution in [2.75, 3.05) is 13.7 Å². The number of carbonyl (C=O) groups excluding carboxylic acids is 1. The van der Waals surface area contributed by atoms with Crippen LogP contribution in [0, 0.1) is 17.8 Å². The number of fused-ring (bicyclic) bond motifs is 3. The van der Waals surface area contributed by atoms with Crippen LogP contribution in [0.25, 0.3) is 22.0 Å². The highest BCUT2D eigenvalue weighted by atomic mass is 16.5. The third-order valence-electron chi connectivity index (χ3n) is 7.09. The van der Waals surface area contributed by atoms with Crippen molar-refractivity contribution in [2.24, 2.45) is 17.8 Å². The van der Waals surface area contributed by atoms with Crippen LogP contribution >= 0.6 is 0 Å². The van der Waals surface area contributed by atoms with Crippen LogP contribution in [0.5, 0.6) is 5.75 Å². The zero-order valence-electron chi connectivity index (χ0n) is 17.5. The first-order chi connectivity index (χ1) is 14.7. The Morgan fingerprint density at radius 2 is 2.03 bits per heavy atom. The number of nitrogens with one attached hydrogen (secondary N) is 1. The molecule has 1 heterocycles. The number of rotatable bonds is 7. The molecule has 3 aromatic rings. The zero-order valence-corrected chi connectivity index (χ0v) is 17.5. The molecule has 0 radical (unpaired) electrons. The molecule has 0 saturated heterocycles. The second kappa shape index (κ2) is 8.17. The van der Waals surface area contributed by atoms with Gasteiger partial charge in [-0.1, -0.05) is 18.6 Å². The molecule has 2 aliphatic carbocycles. The number of aromatic amines is 1. The van der Waals surface area contributed by atoms with E-state index in [0.717, 1.165) is 46.4 Å². The largest absolute Gasteiger partial charge is 0.493 e. The summed E-state index contributed by atoms with van der Waals surface area (Å²) >= 11 is 0. The predicted molar refractivity (Wildman–Crippen MR) is 119 cm³/mol. The third kappa shape index (κ3) is 3.83. The molecule has 2 saturated carbocycles. The lowest BCUT2D eigenvalue weighted by Gasteiger charge is -2.23. The molecule has 2 aliphatic rings. The summed E-state index contributed by atoms with van der Waals surface area (Å²) in [5, 5.41) is 1.19. The Bertz CT molecular complexity index is 1050. The fourth-order valence-electron chi connectivity index (χ4n) is 5.43. The van der Waals surface area contributed by atoms with Crippen molar-refractivity contribution in [3.8, 4) is 16.9 Å². The molecule has 4 heteroatoms. The Hall–Kier alpha value is -2.75. The zero-order chi connectivity index (χ0) is 20.5. The number of benzene rings is 2. The third-order valence-corrected chi connectivity index (χ3v) is 7.09. The Morgan fingerprint density at radius 1 is 1.10 bits per heavy atom. The predicted octanol–water partition coefficient (Wildman–Crippen LogP) is 5.76. The molecule has 1 aromatic heterocycles. The SMILES string of the molecule is COC(=O)CCc1ccc(OCC2CC3CCC2C3)c(-c2ccc3[nH]ccc3c2)c1. The number of aromatic nitrogens is 1. The van der Waals surface area contributed by atoms with Gasteiger partial charge >= 0.3 is 5.97 Å². The topological polar surface area (TPSA) is 51.3 Å². The van der Waals surface area contributed by atoms with Crippen LogP contribution in [0.3, 0.4) is 0 Å². The minimum absolute atomic E-state index is 0.179. The van der Waals surface area contributed by atoms with Gasteiger partial charge in [0.05, 0.1) is 13.7 Å². The van der Waals surface area contributed by atoms with E-state index in [1.165, 1.54) is 38.2 Å². The molecule has 4 nitrogen and oxygen atoms in total. The summed E-state index contributed by atoms with van der Waals surface area (Å²) in [7, 11) is 1.44. The fraction of sp³-hybridized carbons (Fsp3) is 0.423. The highest BCUT2D eigenvalue weighted by Crippen LogP contribution is 2.48. The molecule has 5 rings (SSSR count). The van der Waals surface area contributed by atoms with Crippen molar-refractivity contribution >= 4 is 16.9 Å². The van der Waals surface area contributed by atoms with Gasteiger partial charge in [-0.2, -0.15) is 0 Å². The number of ether oxygens (including phenoxy) is 2. The van der Waals surface area contributed by atoms with Gasteiger partial charge in [0.1, 0.15) is 5.75 Å². The van der Waals surface area contributed by atoms with Crippen LogP contribution in [0.2, 0.25) is 0 Å². The summed E-state index contributed by atoms with van der Waals surface area (Å²) in [6.07, 6.45) is 8.54. The summed E-state index contributed by atoms with van der Waals surface area (Å²) in [5.74, 6) is 3.24. The number of carbonyl (C=O) groups is 1. The fourth-order valence-corrected chi connectivity index (χ4v) is 5.43. The number of aryl methyl sites for hydroxylation is 1. The van der Waals surface area contributed by atoms with E-state index in [4.69, 9.17) is 9.47 Å². The number of hydrogen-bond acceptors (Lipinski definition) is 3. The highest BCUT2D eigenvalue weighted by molar-refractivity contribution is 5.86. The lowest BCUT2D eigenvalue weighted by atomic mass is 9.89. The molecule has 2 fully saturated rings. The van der Waals surface area contributed by atoms with E-state index in [-0.39, 0.29) is 5.97 Å². The van der Waals surface area contributed by atoms with Gasteiger partial charge in [0, 0.05) is 23.7 Å².